The summed E-state index contributed by atoms with van der Waals surface area (Å²) in [5.41, 5.74) is 0.941. The van der Waals surface area contributed by atoms with Crippen molar-refractivity contribution < 1.29 is 18.3 Å². The van der Waals surface area contributed by atoms with Crippen LogP contribution in [0.1, 0.15) is 12.0 Å². The maximum Gasteiger partial charge on any atom is 0.266 e. The number of carbonyl (C=O) groups is 1. The van der Waals surface area contributed by atoms with Gasteiger partial charge in [-0.3, -0.25) is 4.79 Å². The summed E-state index contributed by atoms with van der Waals surface area (Å²) in [5.74, 6) is -0.745. The number of rotatable bonds is 2. The van der Waals surface area contributed by atoms with Crippen LogP contribution in [-0.2, 0) is 14.8 Å². The van der Waals surface area contributed by atoms with E-state index in [1.54, 1.807) is 12.1 Å². The van der Waals surface area contributed by atoms with Crippen molar-refractivity contribution in [3.63, 3.8) is 0 Å². The van der Waals surface area contributed by atoms with E-state index in [0.717, 1.165) is 9.87 Å². The van der Waals surface area contributed by atoms with Gasteiger partial charge in [-0.2, -0.15) is 0 Å². The van der Waals surface area contributed by atoms with E-state index in [4.69, 9.17) is 0 Å². The van der Waals surface area contributed by atoms with Crippen LogP contribution in [0.5, 0.6) is 0 Å². The van der Waals surface area contributed by atoms with E-state index < -0.39 is 22.0 Å². The molecule has 1 saturated heterocycles. The van der Waals surface area contributed by atoms with Crippen molar-refractivity contribution in [2.75, 3.05) is 6.54 Å². The molecule has 0 unspecified atom stereocenters. The van der Waals surface area contributed by atoms with Crippen LogP contribution in [0.3, 0.4) is 0 Å². The molecule has 0 spiro atoms. The Labute approximate surface area is 99.7 Å². The molecule has 1 fully saturated rings. The van der Waals surface area contributed by atoms with Crippen LogP contribution < -0.4 is 0 Å². The highest BCUT2D eigenvalue weighted by Gasteiger charge is 2.38. The third-order valence-electron chi connectivity index (χ3n) is 2.75. The van der Waals surface area contributed by atoms with Crippen molar-refractivity contribution >= 4 is 15.9 Å². The van der Waals surface area contributed by atoms with Crippen LogP contribution >= 0.6 is 0 Å². The third-order valence-corrected chi connectivity index (χ3v) is 4.56. The zero-order valence-electron chi connectivity index (χ0n) is 9.33. The smallest absolute Gasteiger partial charge is 0.266 e. The van der Waals surface area contributed by atoms with Crippen molar-refractivity contribution in [1.82, 2.24) is 4.31 Å². The van der Waals surface area contributed by atoms with Crippen molar-refractivity contribution in [2.45, 2.75) is 24.3 Å². The van der Waals surface area contributed by atoms with Gasteiger partial charge in [0, 0.05) is 13.0 Å². The Morgan fingerprint density at radius 3 is 2.35 bits per heavy atom. The predicted molar refractivity (Wildman–Crippen MR) is 60.7 cm³/mol. The first-order valence-electron chi connectivity index (χ1n) is 5.24. The first-order valence-corrected chi connectivity index (χ1v) is 6.68. The maximum atomic E-state index is 12.1. The van der Waals surface area contributed by atoms with E-state index in [1.165, 1.54) is 12.1 Å². The topological polar surface area (TPSA) is 74.7 Å². The lowest BCUT2D eigenvalue weighted by molar-refractivity contribution is -0.130. The number of aliphatic hydroxyl groups excluding tert-OH is 1. The molecule has 1 N–H and O–H groups in total. The second-order valence-corrected chi connectivity index (χ2v) is 5.90. The number of hydrogen-bond acceptors (Lipinski definition) is 4. The fourth-order valence-corrected chi connectivity index (χ4v) is 3.15. The second-order valence-electron chi connectivity index (χ2n) is 4.03. The Kier molecular flexibility index (Phi) is 2.92. The summed E-state index contributed by atoms with van der Waals surface area (Å²) in [6.07, 6.45) is -1.04. The molecule has 0 bridgehead atoms. The molecule has 0 saturated carbocycles. The summed E-state index contributed by atoms with van der Waals surface area (Å²) < 4.78 is 24.9. The average Bonchev–Trinajstić information content (AvgIpc) is 2.61. The number of hydrogen-bond donors (Lipinski definition) is 1. The molecule has 1 aromatic rings. The highest BCUT2D eigenvalue weighted by Crippen LogP contribution is 2.22. The normalized spacial score (nSPS) is 20.9. The lowest BCUT2D eigenvalue weighted by Gasteiger charge is -2.16. The third kappa shape index (κ3) is 2.05. The Morgan fingerprint density at radius 2 is 1.88 bits per heavy atom. The molecule has 92 valence electrons. The second kappa shape index (κ2) is 4.12. The number of carbonyl (C=O) groups excluding carboxylic acids is 1. The molecule has 0 aliphatic carbocycles. The highest BCUT2D eigenvalue weighted by atomic mass is 32.2. The van der Waals surface area contributed by atoms with Crippen molar-refractivity contribution in [3.8, 4) is 0 Å². The fraction of sp³-hybridized carbons (Fsp3) is 0.364. The molecule has 1 aliphatic heterocycles. The minimum atomic E-state index is -3.81. The van der Waals surface area contributed by atoms with Crippen LogP contribution in [0, 0.1) is 6.92 Å². The lowest BCUT2D eigenvalue weighted by atomic mass is 10.2. The van der Waals surface area contributed by atoms with Gasteiger partial charge >= 0.3 is 0 Å². The molecule has 17 heavy (non-hydrogen) atoms. The Balaban J connectivity index is 2.37. The van der Waals surface area contributed by atoms with Gasteiger partial charge in [0.15, 0.2) is 0 Å². The molecule has 1 amide bonds. The van der Waals surface area contributed by atoms with E-state index in [1.807, 2.05) is 6.92 Å². The minimum Gasteiger partial charge on any atom is -0.383 e. The van der Waals surface area contributed by atoms with Gasteiger partial charge in [0.25, 0.3) is 15.9 Å². The summed E-state index contributed by atoms with van der Waals surface area (Å²) in [4.78, 5) is 11.6. The van der Waals surface area contributed by atoms with E-state index >= 15 is 0 Å². The van der Waals surface area contributed by atoms with Gasteiger partial charge < -0.3 is 5.11 Å². The molecule has 1 aliphatic rings. The van der Waals surface area contributed by atoms with Gasteiger partial charge in [-0.15, -0.1) is 0 Å². The molecule has 0 radical (unpaired) electrons. The fourth-order valence-electron chi connectivity index (χ4n) is 1.72. The Bertz CT molecular complexity index is 535. The van der Waals surface area contributed by atoms with E-state index in [-0.39, 0.29) is 17.9 Å². The number of aryl methyl sites for hydroxylation is 1. The zero-order chi connectivity index (χ0) is 12.6. The lowest BCUT2D eigenvalue weighted by Crippen LogP contribution is -2.35. The molecule has 1 aromatic carbocycles. The van der Waals surface area contributed by atoms with Crippen molar-refractivity contribution in [3.05, 3.63) is 29.8 Å². The summed E-state index contributed by atoms with van der Waals surface area (Å²) >= 11 is 0. The van der Waals surface area contributed by atoms with Gasteiger partial charge in [0.1, 0.15) is 6.10 Å². The highest BCUT2D eigenvalue weighted by molar-refractivity contribution is 7.89. The molecule has 0 aromatic heterocycles. The van der Waals surface area contributed by atoms with Crippen LogP contribution in [0.4, 0.5) is 0 Å². The summed E-state index contributed by atoms with van der Waals surface area (Å²) in [5, 5.41) is 9.27. The molecular weight excluding hydrogens is 242 g/mol. The number of nitrogens with zero attached hydrogens (tertiary/aromatic N) is 1. The number of amides is 1. The van der Waals surface area contributed by atoms with Crippen LogP contribution in [0.2, 0.25) is 0 Å². The first kappa shape index (κ1) is 12.1. The zero-order valence-corrected chi connectivity index (χ0v) is 10.1. The van der Waals surface area contributed by atoms with Gasteiger partial charge in [0.2, 0.25) is 0 Å². The van der Waals surface area contributed by atoms with Crippen LogP contribution in [0.15, 0.2) is 29.2 Å². The average molecular weight is 255 g/mol. The van der Waals surface area contributed by atoms with Crippen LogP contribution in [0.25, 0.3) is 0 Å². The van der Waals surface area contributed by atoms with Crippen LogP contribution in [-0.4, -0.2) is 36.4 Å². The maximum absolute atomic E-state index is 12.1. The number of aliphatic hydroxyl groups is 1. The van der Waals surface area contributed by atoms with E-state index in [0.29, 0.717) is 0 Å². The van der Waals surface area contributed by atoms with Crippen molar-refractivity contribution in [2.24, 2.45) is 0 Å². The van der Waals surface area contributed by atoms with E-state index in [2.05, 4.69) is 0 Å². The molecule has 2 rings (SSSR count). The summed E-state index contributed by atoms with van der Waals surface area (Å²) in [7, 11) is -3.81. The monoisotopic (exact) mass is 255 g/mol. The van der Waals surface area contributed by atoms with Gasteiger partial charge in [-0.1, -0.05) is 17.7 Å². The van der Waals surface area contributed by atoms with Crippen molar-refractivity contribution in [1.29, 1.82) is 0 Å². The van der Waals surface area contributed by atoms with Gasteiger partial charge in [-0.05, 0) is 19.1 Å². The van der Waals surface area contributed by atoms with Gasteiger partial charge in [-0.25, -0.2) is 12.7 Å². The molecule has 1 atom stereocenters. The quantitative estimate of drug-likeness (QED) is 0.823. The van der Waals surface area contributed by atoms with Gasteiger partial charge in [0.05, 0.1) is 4.90 Å². The first-order chi connectivity index (χ1) is 7.93. The van der Waals surface area contributed by atoms with E-state index in [9.17, 15) is 18.3 Å². The molecule has 1 heterocycles. The Morgan fingerprint density at radius 1 is 1.29 bits per heavy atom. The predicted octanol–water partition coefficient (Wildman–Crippen LogP) is 0.277. The SMILES string of the molecule is Cc1ccc(S(=O)(=O)N2CC[C@@H](O)C2=O)cc1. The number of sulfonamides is 1. The summed E-state index contributed by atoms with van der Waals surface area (Å²) in [6, 6.07) is 6.26. The molecule has 5 nitrogen and oxygen atoms in total. The standard InChI is InChI=1S/C11H13NO4S/c1-8-2-4-9(5-3-8)17(15,16)12-7-6-10(13)11(12)14/h2-5,10,13H,6-7H2,1H3/t10-/m1/s1. The molecule has 6 heteroatoms. The largest absolute Gasteiger partial charge is 0.383 e. The number of benzene rings is 1. The molecular formula is C11H13NO4S. The summed E-state index contributed by atoms with van der Waals surface area (Å²) in [6.45, 7) is 1.89. The minimum absolute atomic E-state index is 0.0379. The Hall–Kier alpha value is -1.40.